The predicted molar refractivity (Wildman–Crippen MR) is 71.0 cm³/mol. The summed E-state index contributed by atoms with van der Waals surface area (Å²) in [4.78, 5) is 22.1. The first-order valence-corrected chi connectivity index (χ1v) is 6.21. The molecule has 4 nitrogen and oxygen atoms in total. The molecule has 0 radical (unpaired) electrons. The molecule has 6 heteroatoms. The topological polar surface area (TPSA) is 74.6 Å². The number of ketones is 1. The van der Waals surface area contributed by atoms with Gasteiger partial charge in [-0.1, -0.05) is 12.1 Å². The van der Waals surface area contributed by atoms with Gasteiger partial charge in [0.25, 0.3) is 0 Å². The second-order valence-corrected chi connectivity index (χ2v) is 5.06. The van der Waals surface area contributed by atoms with Gasteiger partial charge in [-0.25, -0.2) is 4.79 Å². The van der Waals surface area contributed by atoms with Crippen LogP contribution in [-0.2, 0) is 9.59 Å². The number of aliphatic carboxylic acids is 1. The molecular weight excluding hydrogens is 358 g/mol. The van der Waals surface area contributed by atoms with E-state index in [1.807, 2.05) is 22.6 Å². The van der Waals surface area contributed by atoms with Gasteiger partial charge < -0.3 is 10.2 Å². The Balaban J connectivity index is 3.36. The maximum absolute atomic E-state index is 11.2. The normalized spacial score (nSPS) is 14.1. The third kappa shape index (κ3) is 3.17. The van der Waals surface area contributed by atoms with Crippen molar-refractivity contribution in [3.8, 4) is 0 Å². The van der Waals surface area contributed by atoms with E-state index in [1.54, 1.807) is 18.2 Å². The molecule has 2 N–H and O–H groups in total. The van der Waals surface area contributed by atoms with Crippen molar-refractivity contribution in [2.75, 3.05) is 0 Å². The lowest BCUT2D eigenvalue weighted by atomic mass is 9.98. The molecule has 17 heavy (non-hydrogen) atoms. The number of carbonyl (C=O) groups excluding carboxylic acids is 1. The Kier molecular flexibility index (Phi) is 4.91. The number of benzene rings is 1. The van der Waals surface area contributed by atoms with Gasteiger partial charge in [0.05, 0.1) is 0 Å². The Morgan fingerprint density at radius 1 is 1.41 bits per heavy atom. The van der Waals surface area contributed by atoms with Gasteiger partial charge in [0.2, 0.25) is 0 Å². The number of halogens is 2. The maximum Gasteiger partial charge on any atom is 0.337 e. The van der Waals surface area contributed by atoms with Crippen LogP contribution in [-0.4, -0.2) is 22.0 Å². The van der Waals surface area contributed by atoms with E-state index >= 15 is 0 Å². The number of carbonyl (C=O) groups is 2. The smallest absolute Gasteiger partial charge is 0.337 e. The zero-order valence-electron chi connectivity index (χ0n) is 8.85. The fraction of sp³-hybridized carbons (Fsp3) is 0.273. The van der Waals surface area contributed by atoms with E-state index < -0.39 is 17.5 Å². The minimum absolute atomic E-state index is 0.177. The van der Waals surface area contributed by atoms with Crippen molar-refractivity contribution in [1.82, 2.24) is 0 Å². The number of carboxylic acids is 1. The Labute approximate surface area is 117 Å². The van der Waals surface area contributed by atoms with Crippen molar-refractivity contribution < 1.29 is 19.8 Å². The Bertz CT molecular complexity index is 461. The van der Waals surface area contributed by atoms with Crippen LogP contribution in [0.5, 0.6) is 0 Å². The van der Waals surface area contributed by atoms with E-state index in [4.69, 9.17) is 16.7 Å². The van der Waals surface area contributed by atoms with Gasteiger partial charge in [0, 0.05) is 9.13 Å². The van der Waals surface area contributed by atoms with E-state index in [0.29, 0.717) is 9.13 Å². The molecule has 1 aromatic rings. The van der Waals surface area contributed by atoms with Crippen molar-refractivity contribution in [3.63, 3.8) is 0 Å². The molecule has 0 heterocycles. The lowest BCUT2D eigenvalue weighted by molar-refractivity contribution is -0.147. The van der Waals surface area contributed by atoms with E-state index in [2.05, 4.69) is 0 Å². The van der Waals surface area contributed by atoms with Crippen LogP contribution in [0, 0.1) is 3.57 Å². The molecule has 0 saturated carbocycles. The van der Waals surface area contributed by atoms with E-state index in [0.717, 1.165) is 0 Å². The third-order valence-corrected chi connectivity index (χ3v) is 3.71. The van der Waals surface area contributed by atoms with Gasteiger partial charge in [0.1, 0.15) is 5.38 Å². The summed E-state index contributed by atoms with van der Waals surface area (Å²) in [5.41, 5.74) is 0.511. The van der Waals surface area contributed by atoms with E-state index in [9.17, 15) is 14.7 Å². The molecule has 2 atom stereocenters. The summed E-state index contributed by atoms with van der Waals surface area (Å²) in [6, 6.07) is 4.85. The second-order valence-electron chi connectivity index (χ2n) is 3.46. The van der Waals surface area contributed by atoms with Crippen LogP contribution < -0.4 is 0 Å². The Morgan fingerprint density at radius 3 is 2.47 bits per heavy atom. The van der Waals surface area contributed by atoms with Crippen LogP contribution in [0.1, 0.15) is 29.5 Å². The molecule has 92 valence electrons. The highest BCUT2D eigenvalue weighted by Gasteiger charge is 2.26. The molecule has 0 aliphatic rings. The van der Waals surface area contributed by atoms with Crippen molar-refractivity contribution in [3.05, 3.63) is 32.9 Å². The average Bonchev–Trinajstić information content (AvgIpc) is 2.26. The molecule has 0 bridgehead atoms. The summed E-state index contributed by atoms with van der Waals surface area (Å²) < 4.78 is 0.557. The summed E-state index contributed by atoms with van der Waals surface area (Å²) in [6.07, 6.45) is -1.68. The molecule has 0 aromatic heterocycles. The first-order chi connectivity index (χ1) is 7.86. The summed E-state index contributed by atoms with van der Waals surface area (Å²) in [7, 11) is 0. The van der Waals surface area contributed by atoms with Gasteiger partial charge in [-0.3, -0.25) is 4.79 Å². The molecular formula is C11H10ClIO4. The van der Waals surface area contributed by atoms with Gasteiger partial charge in [-0.15, -0.1) is 11.6 Å². The number of alkyl halides is 1. The summed E-state index contributed by atoms with van der Waals surface area (Å²) in [5.74, 6) is -1.67. The molecule has 0 saturated heterocycles. The molecule has 1 rings (SSSR count). The first-order valence-electron chi connectivity index (χ1n) is 4.70. The fourth-order valence-corrected chi connectivity index (χ4v) is 2.41. The van der Waals surface area contributed by atoms with Crippen LogP contribution >= 0.6 is 34.2 Å². The van der Waals surface area contributed by atoms with Gasteiger partial charge in [0.15, 0.2) is 11.9 Å². The highest BCUT2D eigenvalue weighted by Crippen LogP contribution is 2.32. The number of hydrogen-bond acceptors (Lipinski definition) is 3. The SMILES string of the molecule is CC(=O)C(Cl)c1cccc(I)c1C(O)C(=O)O. The highest BCUT2D eigenvalue weighted by atomic mass is 127. The van der Waals surface area contributed by atoms with Crippen molar-refractivity contribution >= 4 is 45.9 Å². The molecule has 0 aliphatic carbocycles. The Hall–Kier alpha value is -0.660. The highest BCUT2D eigenvalue weighted by molar-refractivity contribution is 14.1. The number of aliphatic hydroxyl groups excluding tert-OH is 1. The van der Waals surface area contributed by atoms with Gasteiger partial charge >= 0.3 is 5.97 Å². The maximum atomic E-state index is 11.2. The lowest BCUT2D eigenvalue weighted by Crippen LogP contribution is -2.16. The lowest BCUT2D eigenvalue weighted by Gasteiger charge is -2.16. The van der Waals surface area contributed by atoms with E-state index in [1.165, 1.54) is 6.92 Å². The summed E-state index contributed by atoms with van der Waals surface area (Å²) in [5, 5.41) is 17.5. The third-order valence-electron chi connectivity index (χ3n) is 2.22. The molecule has 2 unspecified atom stereocenters. The van der Waals surface area contributed by atoms with Crippen LogP contribution in [0.15, 0.2) is 18.2 Å². The second kappa shape index (κ2) is 5.79. The van der Waals surface area contributed by atoms with Crippen molar-refractivity contribution in [1.29, 1.82) is 0 Å². The van der Waals surface area contributed by atoms with Crippen molar-refractivity contribution in [2.24, 2.45) is 0 Å². The standard InChI is InChI=1S/C11H10ClIO4/c1-5(14)9(12)6-3-2-4-7(13)8(6)10(15)11(16)17/h2-4,9-10,15H,1H3,(H,16,17). The number of Topliss-reactive ketones (excluding diaryl/α,β-unsaturated/α-hetero) is 1. The minimum Gasteiger partial charge on any atom is -0.479 e. The van der Waals surface area contributed by atoms with Crippen LogP contribution in [0.3, 0.4) is 0 Å². The molecule has 0 spiro atoms. The molecule has 1 aromatic carbocycles. The molecule has 0 fully saturated rings. The zero-order chi connectivity index (χ0) is 13.2. The van der Waals surface area contributed by atoms with Crippen LogP contribution in [0.4, 0.5) is 0 Å². The summed E-state index contributed by atoms with van der Waals surface area (Å²) >= 11 is 7.81. The zero-order valence-corrected chi connectivity index (χ0v) is 11.8. The monoisotopic (exact) mass is 368 g/mol. The quantitative estimate of drug-likeness (QED) is 0.632. The van der Waals surface area contributed by atoms with Crippen LogP contribution in [0.25, 0.3) is 0 Å². The molecule has 0 aliphatic heterocycles. The number of carboxylic acid groups (broad SMARTS) is 1. The first kappa shape index (κ1) is 14.4. The summed E-state index contributed by atoms with van der Waals surface area (Å²) in [6.45, 7) is 1.31. The largest absolute Gasteiger partial charge is 0.479 e. The fourth-order valence-electron chi connectivity index (χ4n) is 1.41. The van der Waals surface area contributed by atoms with Crippen molar-refractivity contribution in [2.45, 2.75) is 18.4 Å². The van der Waals surface area contributed by atoms with E-state index in [-0.39, 0.29) is 11.3 Å². The van der Waals surface area contributed by atoms with Crippen LogP contribution in [0.2, 0.25) is 0 Å². The Morgan fingerprint density at radius 2 is 2.00 bits per heavy atom. The van der Waals surface area contributed by atoms with Gasteiger partial charge in [-0.2, -0.15) is 0 Å². The van der Waals surface area contributed by atoms with Gasteiger partial charge in [-0.05, 0) is 41.1 Å². The minimum atomic E-state index is -1.68. The predicted octanol–water partition coefficient (Wildman–Crippen LogP) is 2.28. The number of aliphatic hydroxyl groups is 1. The average molecular weight is 369 g/mol. The molecule has 0 amide bonds. The number of rotatable bonds is 4. The number of hydrogen-bond donors (Lipinski definition) is 2.